The fourth-order valence-electron chi connectivity index (χ4n) is 1.80. The summed E-state index contributed by atoms with van der Waals surface area (Å²) in [6, 6.07) is 0. The Hall–Kier alpha value is -0.240. The SMILES string of the molecule is CC(C(N)=S)S(=O)(=O)NCCCN1CCCC1. The molecule has 1 aliphatic rings. The van der Waals surface area contributed by atoms with E-state index in [1.165, 1.54) is 19.8 Å². The average Bonchev–Trinajstić information content (AvgIpc) is 2.76. The zero-order valence-electron chi connectivity index (χ0n) is 10.2. The standard InChI is InChI=1S/C10H21N3O2S2/c1-9(10(11)16)17(14,15)12-5-4-8-13-6-2-3-7-13/h9,12H,2-8H2,1H3,(H2,11,16). The van der Waals surface area contributed by atoms with Crippen molar-refractivity contribution >= 4 is 27.2 Å². The third-order valence-electron chi connectivity index (χ3n) is 3.02. The molecule has 17 heavy (non-hydrogen) atoms. The van der Waals surface area contributed by atoms with Gasteiger partial charge in [-0.05, 0) is 45.8 Å². The highest BCUT2D eigenvalue weighted by Crippen LogP contribution is 2.07. The lowest BCUT2D eigenvalue weighted by atomic mass is 10.4. The van der Waals surface area contributed by atoms with E-state index in [1.54, 1.807) is 0 Å². The van der Waals surface area contributed by atoms with Crippen LogP contribution in [-0.2, 0) is 10.0 Å². The molecule has 0 bridgehead atoms. The van der Waals surface area contributed by atoms with E-state index in [0.717, 1.165) is 26.1 Å². The molecular formula is C10H21N3O2S2. The predicted octanol–water partition coefficient (Wildman–Crippen LogP) is 0.0663. The maximum atomic E-state index is 11.7. The van der Waals surface area contributed by atoms with Crippen molar-refractivity contribution in [3.8, 4) is 0 Å². The van der Waals surface area contributed by atoms with E-state index >= 15 is 0 Å². The van der Waals surface area contributed by atoms with Crippen molar-refractivity contribution in [1.82, 2.24) is 9.62 Å². The first kappa shape index (κ1) is 14.8. The van der Waals surface area contributed by atoms with Gasteiger partial charge >= 0.3 is 0 Å². The van der Waals surface area contributed by atoms with Crippen LogP contribution in [-0.4, -0.2) is 49.7 Å². The summed E-state index contributed by atoms with van der Waals surface area (Å²) in [6.45, 7) is 5.17. The lowest BCUT2D eigenvalue weighted by Crippen LogP contribution is -2.40. The first-order valence-electron chi connectivity index (χ1n) is 5.93. The summed E-state index contributed by atoms with van der Waals surface area (Å²) in [5.74, 6) is 0. The summed E-state index contributed by atoms with van der Waals surface area (Å²) in [4.78, 5) is 2.36. The topological polar surface area (TPSA) is 75.4 Å². The van der Waals surface area contributed by atoms with Crippen LogP contribution in [0.5, 0.6) is 0 Å². The van der Waals surface area contributed by atoms with Crippen molar-refractivity contribution in [2.75, 3.05) is 26.2 Å². The number of sulfonamides is 1. The number of thiocarbonyl (C=S) groups is 1. The van der Waals surface area contributed by atoms with Gasteiger partial charge in [-0.25, -0.2) is 13.1 Å². The number of likely N-dealkylation sites (tertiary alicyclic amines) is 1. The van der Waals surface area contributed by atoms with Crippen molar-refractivity contribution in [2.24, 2.45) is 5.73 Å². The molecule has 0 aliphatic carbocycles. The molecule has 0 amide bonds. The van der Waals surface area contributed by atoms with Gasteiger partial charge in [0.25, 0.3) is 0 Å². The maximum Gasteiger partial charge on any atom is 0.220 e. The van der Waals surface area contributed by atoms with Gasteiger partial charge in [0.1, 0.15) is 5.25 Å². The third kappa shape index (κ3) is 4.87. The predicted molar refractivity (Wildman–Crippen MR) is 73.5 cm³/mol. The van der Waals surface area contributed by atoms with Gasteiger partial charge in [-0.1, -0.05) is 12.2 Å². The molecular weight excluding hydrogens is 258 g/mol. The summed E-state index contributed by atoms with van der Waals surface area (Å²) in [7, 11) is -3.39. The fraction of sp³-hybridized carbons (Fsp3) is 0.900. The Morgan fingerprint density at radius 2 is 2.06 bits per heavy atom. The van der Waals surface area contributed by atoms with Crippen LogP contribution in [0, 0.1) is 0 Å². The van der Waals surface area contributed by atoms with Crippen LogP contribution in [0.4, 0.5) is 0 Å². The van der Waals surface area contributed by atoms with Gasteiger partial charge in [0.2, 0.25) is 10.0 Å². The molecule has 5 nitrogen and oxygen atoms in total. The molecule has 1 atom stereocenters. The third-order valence-corrected chi connectivity index (χ3v) is 5.31. The van der Waals surface area contributed by atoms with Gasteiger partial charge in [-0.2, -0.15) is 0 Å². The van der Waals surface area contributed by atoms with Crippen molar-refractivity contribution in [3.05, 3.63) is 0 Å². The van der Waals surface area contributed by atoms with E-state index in [-0.39, 0.29) is 4.99 Å². The number of nitrogens with zero attached hydrogens (tertiary/aromatic N) is 1. The van der Waals surface area contributed by atoms with E-state index in [4.69, 9.17) is 5.73 Å². The minimum Gasteiger partial charge on any atom is -0.392 e. The van der Waals surface area contributed by atoms with Gasteiger partial charge in [-0.3, -0.25) is 0 Å². The van der Waals surface area contributed by atoms with E-state index in [2.05, 4.69) is 21.8 Å². The quantitative estimate of drug-likeness (QED) is 0.509. The van der Waals surface area contributed by atoms with E-state index in [0.29, 0.717) is 6.54 Å². The summed E-state index contributed by atoms with van der Waals surface area (Å²) in [5.41, 5.74) is 5.33. The molecule has 1 saturated heterocycles. The van der Waals surface area contributed by atoms with Crippen LogP contribution in [0.2, 0.25) is 0 Å². The number of nitrogens with one attached hydrogen (secondary N) is 1. The molecule has 1 aliphatic heterocycles. The van der Waals surface area contributed by atoms with Gasteiger partial charge in [0, 0.05) is 6.54 Å². The molecule has 0 radical (unpaired) electrons. The second-order valence-electron chi connectivity index (χ2n) is 4.39. The van der Waals surface area contributed by atoms with Crippen molar-refractivity contribution in [3.63, 3.8) is 0 Å². The number of hydrogen-bond acceptors (Lipinski definition) is 4. The number of rotatable bonds is 7. The Morgan fingerprint density at radius 1 is 1.47 bits per heavy atom. The van der Waals surface area contributed by atoms with Crippen LogP contribution in [0.15, 0.2) is 0 Å². The number of hydrogen-bond donors (Lipinski definition) is 2. The fourth-order valence-corrected chi connectivity index (χ4v) is 3.17. The molecule has 1 unspecified atom stereocenters. The molecule has 0 aromatic heterocycles. The van der Waals surface area contributed by atoms with Gasteiger partial charge in [-0.15, -0.1) is 0 Å². The molecule has 7 heteroatoms. The lowest BCUT2D eigenvalue weighted by Gasteiger charge is -2.15. The Bertz CT molecular complexity index is 351. The Kier molecular flexibility index (Phi) is 5.78. The Labute approximate surface area is 109 Å². The second kappa shape index (κ2) is 6.63. The van der Waals surface area contributed by atoms with Gasteiger partial charge in [0.05, 0.1) is 4.99 Å². The molecule has 1 fully saturated rings. The van der Waals surface area contributed by atoms with E-state index in [1.807, 2.05) is 0 Å². The van der Waals surface area contributed by atoms with Crippen LogP contribution < -0.4 is 10.5 Å². The van der Waals surface area contributed by atoms with Crippen LogP contribution in [0.1, 0.15) is 26.2 Å². The largest absolute Gasteiger partial charge is 0.392 e. The summed E-state index contributed by atoms with van der Waals surface area (Å²) in [5, 5.41) is -0.802. The van der Waals surface area contributed by atoms with Gasteiger partial charge < -0.3 is 10.6 Å². The lowest BCUT2D eigenvalue weighted by molar-refractivity contribution is 0.334. The minimum atomic E-state index is -3.39. The first-order valence-corrected chi connectivity index (χ1v) is 7.89. The summed E-state index contributed by atoms with van der Waals surface area (Å²) in [6.07, 6.45) is 3.33. The Balaban J connectivity index is 2.23. The van der Waals surface area contributed by atoms with Crippen molar-refractivity contribution in [1.29, 1.82) is 0 Å². The molecule has 0 spiro atoms. The molecule has 0 aromatic rings. The Morgan fingerprint density at radius 3 is 2.59 bits per heavy atom. The van der Waals surface area contributed by atoms with E-state index < -0.39 is 15.3 Å². The maximum absolute atomic E-state index is 11.7. The summed E-state index contributed by atoms with van der Waals surface area (Å²) < 4.78 is 25.9. The monoisotopic (exact) mass is 279 g/mol. The highest BCUT2D eigenvalue weighted by molar-refractivity contribution is 7.93. The molecule has 3 N–H and O–H groups in total. The molecule has 1 rings (SSSR count). The van der Waals surface area contributed by atoms with Crippen molar-refractivity contribution < 1.29 is 8.42 Å². The first-order chi connectivity index (χ1) is 7.93. The molecule has 0 aromatic carbocycles. The second-order valence-corrected chi connectivity index (χ2v) is 6.94. The van der Waals surface area contributed by atoms with Gasteiger partial charge in [0.15, 0.2) is 0 Å². The zero-order chi connectivity index (χ0) is 12.9. The van der Waals surface area contributed by atoms with E-state index in [9.17, 15) is 8.42 Å². The normalized spacial score (nSPS) is 19.4. The smallest absolute Gasteiger partial charge is 0.220 e. The molecule has 100 valence electrons. The van der Waals surface area contributed by atoms with Crippen LogP contribution in [0.25, 0.3) is 0 Å². The molecule has 0 saturated carbocycles. The van der Waals surface area contributed by atoms with Crippen LogP contribution >= 0.6 is 12.2 Å². The summed E-state index contributed by atoms with van der Waals surface area (Å²) >= 11 is 4.68. The van der Waals surface area contributed by atoms with Crippen molar-refractivity contribution in [2.45, 2.75) is 31.4 Å². The zero-order valence-corrected chi connectivity index (χ0v) is 11.8. The van der Waals surface area contributed by atoms with Crippen LogP contribution in [0.3, 0.4) is 0 Å². The number of nitrogens with two attached hydrogens (primary N) is 1. The minimum absolute atomic E-state index is 0.0112. The molecule has 1 heterocycles. The highest BCUT2D eigenvalue weighted by atomic mass is 32.2. The highest BCUT2D eigenvalue weighted by Gasteiger charge is 2.22. The average molecular weight is 279 g/mol.